The van der Waals surface area contributed by atoms with Crippen LogP contribution in [0.3, 0.4) is 0 Å². The highest BCUT2D eigenvalue weighted by Gasteiger charge is 2.28. The van der Waals surface area contributed by atoms with Gasteiger partial charge in [-0.15, -0.1) is 11.3 Å². The number of anilines is 1. The fourth-order valence-corrected chi connectivity index (χ4v) is 4.26. The minimum Gasteiger partial charge on any atom is -0.453 e. The number of ether oxygens (including phenoxy) is 1. The first kappa shape index (κ1) is 17.4. The van der Waals surface area contributed by atoms with Gasteiger partial charge in [0.25, 0.3) is 11.8 Å². The van der Waals surface area contributed by atoms with E-state index in [1.807, 2.05) is 0 Å². The molecule has 0 unspecified atom stereocenters. The van der Waals surface area contributed by atoms with Gasteiger partial charge in [-0.1, -0.05) is 23.7 Å². The predicted octanol–water partition coefficient (Wildman–Crippen LogP) is 3.64. The maximum atomic E-state index is 12.5. The number of carbonyl (C=O) groups is 3. The molecule has 0 saturated heterocycles. The zero-order valence-electron chi connectivity index (χ0n) is 13.3. The van der Waals surface area contributed by atoms with Gasteiger partial charge in [0.15, 0.2) is 0 Å². The number of rotatable bonds is 3. The number of hydrogen-bond donors (Lipinski definition) is 2. The number of fused-ring (bicyclic) bond motifs is 1. The first-order valence-electron chi connectivity index (χ1n) is 7.61. The molecule has 0 saturated carbocycles. The average Bonchev–Trinajstić information content (AvgIpc) is 3.15. The SMILES string of the molecule is COC(=O)NC(=O)c1c(NC(=O)c2ccccc2Cl)sc2c1CCC2. The Kier molecular flexibility index (Phi) is 5.06. The number of hydrogen-bond acceptors (Lipinski definition) is 5. The molecule has 1 aromatic heterocycles. The first-order chi connectivity index (χ1) is 12.0. The molecule has 0 radical (unpaired) electrons. The molecule has 1 aliphatic rings. The number of methoxy groups -OCH3 is 1. The number of thiophene rings is 1. The Labute approximate surface area is 153 Å². The number of imide groups is 1. The molecule has 1 aliphatic carbocycles. The molecule has 2 aromatic rings. The summed E-state index contributed by atoms with van der Waals surface area (Å²) in [7, 11) is 1.18. The molecule has 0 spiro atoms. The molecule has 1 heterocycles. The van der Waals surface area contributed by atoms with Crippen LogP contribution >= 0.6 is 22.9 Å². The molecular formula is C17H15ClN2O4S. The van der Waals surface area contributed by atoms with Crippen molar-refractivity contribution < 1.29 is 19.1 Å². The third kappa shape index (κ3) is 3.52. The van der Waals surface area contributed by atoms with E-state index < -0.39 is 17.9 Å². The summed E-state index contributed by atoms with van der Waals surface area (Å²) in [6.45, 7) is 0. The van der Waals surface area contributed by atoms with Crippen molar-refractivity contribution in [2.45, 2.75) is 19.3 Å². The van der Waals surface area contributed by atoms with E-state index in [9.17, 15) is 14.4 Å². The van der Waals surface area contributed by atoms with E-state index in [1.165, 1.54) is 18.4 Å². The second-order valence-electron chi connectivity index (χ2n) is 5.44. The van der Waals surface area contributed by atoms with Crippen LogP contribution < -0.4 is 10.6 Å². The topological polar surface area (TPSA) is 84.5 Å². The van der Waals surface area contributed by atoms with E-state index in [4.69, 9.17) is 11.6 Å². The maximum Gasteiger partial charge on any atom is 0.413 e. The highest BCUT2D eigenvalue weighted by Crippen LogP contribution is 2.39. The second-order valence-corrected chi connectivity index (χ2v) is 6.95. The number of halogens is 1. The summed E-state index contributed by atoms with van der Waals surface area (Å²) in [5, 5.41) is 5.64. The van der Waals surface area contributed by atoms with Gasteiger partial charge in [-0.3, -0.25) is 14.9 Å². The van der Waals surface area contributed by atoms with Crippen molar-refractivity contribution >= 4 is 45.8 Å². The number of amides is 3. The number of nitrogens with one attached hydrogen (secondary N) is 2. The summed E-state index contributed by atoms with van der Waals surface area (Å²) >= 11 is 7.40. The maximum absolute atomic E-state index is 12.5. The van der Waals surface area contributed by atoms with Crippen LogP contribution in [0.4, 0.5) is 9.80 Å². The summed E-state index contributed by atoms with van der Waals surface area (Å²) < 4.78 is 4.47. The standard InChI is InChI=1S/C17H15ClN2O4S/c1-24-17(23)20-15(22)13-10-6-4-8-12(10)25-16(13)19-14(21)9-5-2-3-7-11(9)18/h2-3,5,7H,4,6,8H2,1H3,(H,19,21)(H,20,22,23). The first-order valence-corrected chi connectivity index (χ1v) is 8.80. The van der Waals surface area contributed by atoms with Crippen LogP contribution in [-0.4, -0.2) is 25.0 Å². The van der Waals surface area contributed by atoms with E-state index in [1.54, 1.807) is 24.3 Å². The molecule has 0 atom stereocenters. The quantitative estimate of drug-likeness (QED) is 0.853. The van der Waals surface area contributed by atoms with Gasteiger partial charge in [-0.25, -0.2) is 4.79 Å². The smallest absolute Gasteiger partial charge is 0.413 e. The lowest BCUT2D eigenvalue weighted by Crippen LogP contribution is -2.31. The summed E-state index contributed by atoms with van der Waals surface area (Å²) in [6, 6.07) is 6.66. The van der Waals surface area contributed by atoms with Crippen molar-refractivity contribution in [2.75, 3.05) is 12.4 Å². The Morgan fingerprint density at radius 1 is 1.16 bits per heavy atom. The van der Waals surface area contributed by atoms with Crippen molar-refractivity contribution in [3.63, 3.8) is 0 Å². The lowest BCUT2D eigenvalue weighted by Gasteiger charge is -2.09. The van der Waals surface area contributed by atoms with Crippen molar-refractivity contribution in [3.8, 4) is 0 Å². The molecule has 0 aliphatic heterocycles. The van der Waals surface area contributed by atoms with E-state index in [2.05, 4.69) is 15.4 Å². The van der Waals surface area contributed by atoms with Gasteiger partial charge >= 0.3 is 6.09 Å². The van der Waals surface area contributed by atoms with Crippen molar-refractivity contribution in [2.24, 2.45) is 0 Å². The largest absolute Gasteiger partial charge is 0.453 e. The lowest BCUT2D eigenvalue weighted by atomic mass is 10.1. The molecule has 0 fully saturated rings. The second kappa shape index (κ2) is 7.25. The van der Waals surface area contributed by atoms with E-state index in [0.29, 0.717) is 21.2 Å². The number of benzene rings is 1. The molecule has 0 bridgehead atoms. The molecule has 130 valence electrons. The van der Waals surface area contributed by atoms with Crippen LogP contribution in [-0.2, 0) is 17.6 Å². The Morgan fingerprint density at radius 3 is 2.64 bits per heavy atom. The fourth-order valence-electron chi connectivity index (χ4n) is 2.75. The van der Waals surface area contributed by atoms with Crippen LogP contribution in [0.25, 0.3) is 0 Å². The zero-order valence-corrected chi connectivity index (χ0v) is 14.9. The van der Waals surface area contributed by atoms with E-state index in [0.717, 1.165) is 29.7 Å². The normalized spacial score (nSPS) is 12.4. The molecular weight excluding hydrogens is 364 g/mol. The van der Waals surface area contributed by atoms with Crippen molar-refractivity contribution in [1.82, 2.24) is 5.32 Å². The highest BCUT2D eigenvalue weighted by atomic mass is 35.5. The Morgan fingerprint density at radius 2 is 1.92 bits per heavy atom. The monoisotopic (exact) mass is 378 g/mol. The summed E-state index contributed by atoms with van der Waals surface area (Å²) in [5.41, 5.74) is 1.52. The van der Waals surface area contributed by atoms with Gasteiger partial charge in [-0.05, 0) is 37.0 Å². The lowest BCUT2D eigenvalue weighted by molar-refractivity contribution is 0.0937. The fraction of sp³-hybridized carbons (Fsp3) is 0.235. The van der Waals surface area contributed by atoms with Crippen molar-refractivity contribution in [1.29, 1.82) is 0 Å². The third-order valence-electron chi connectivity index (χ3n) is 3.89. The summed E-state index contributed by atoms with van der Waals surface area (Å²) in [5.74, 6) is -0.988. The molecule has 3 rings (SSSR count). The van der Waals surface area contributed by atoms with Gasteiger partial charge in [0.1, 0.15) is 5.00 Å². The Hall–Kier alpha value is -2.38. The minimum atomic E-state index is -0.841. The number of carbonyl (C=O) groups excluding carboxylic acids is 3. The number of aryl methyl sites for hydroxylation is 1. The number of alkyl carbamates (subject to hydrolysis) is 1. The van der Waals surface area contributed by atoms with Gasteiger partial charge in [-0.2, -0.15) is 0 Å². The molecule has 3 amide bonds. The van der Waals surface area contributed by atoms with Crippen LogP contribution in [0.2, 0.25) is 5.02 Å². The summed E-state index contributed by atoms with van der Waals surface area (Å²) in [6.07, 6.45) is 1.68. The predicted molar refractivity (Wildman–Crippen MR) is 95.6 cm³/mol. The van der Waals surface area contributed by atoms with Crippen LogP contribution in [0.15, 0.2) is 24.3 Å². The molecule has 8 heteroatoms. The molecule has 25 heavy (non-hydrogen) atoms. The summed E-state index contributed by atoms with van der Waals surface area (Å²) in [4.78, 5) is 37.4. The van der Waals surface area contributed by atoms with Crippen LogP contribution in [0, 0.1) is 0 Å². The van der Waals surface area contributed by atoms with Gasteiger partial charge < -0.3 is 10.1 Å². The van der Waals surface area contributed by atoms with Gasteiger partial charge in [0.05, 0.1) is 23.3 Å². The molecule has 1 aromatic carbocycles. The van der Waals surface area contributed by atoms with Crippen LogP contribution in [0.1, 0.15) is 37.6 Å². The Bertz CT molecular complexity index is 862. The van der Waals surface area contributed by atoms with Crippen molar-refractivity contribution in [3.05, 3.63) is 50.9 Å². The highest BCUT2D eigenvalue weighted by molar-refractivity contribution is 7.17. The third-order valence-corrected chi connectivity index (χ3v) is 5.43. The van der Waals surface area contributed by atoms with E-state index >= 15 is 0 Å². The van der Waals surface area contributed by atoms with Gasteiger partial charge in [0.2, 0.25) is 0 Å². The van der Waals surface area contributed by atoms with E-state index in [-0.39, 0.29) is 0 Å². The van der Waals surface area contributed by atoms with Gasteiger partial charge in [0, 0.05) is 4.88 Å². The zero-order chi connectivity index (χ0) is 18.0. The average molecular weight is 379 g/mol. The Balaban J connectivity index is 1.91. The minimum absolute atomic E-state index is 0.317. The molecule has 6 nitrogen and oxygen atoms in total. The van der Waals surface area contributed by atoms with Crippen LogP contribution in [0.5, 0.6) is 0 Å². The molecule has 2 N–H and O–H groups in total.